The number of hydrogen-bond acceptors (Lipinski definition) is 5. The summed E-state index contributed by atoms with van der Waals surface area (Å²) >= 11 is 1.28. The molecule has 3 aromatic rings. The van der Waals surface area contributed by atoms with Gasteiger partial charge in [0.05, 0.1) is 12.0 Å². The van der Waals surface area contributed by atoms with E-state index < -0.39 is 0 Å². The lowest BCUT2D eigenvalue weighted by Gasteiger charge is -2.08. The van der Waals surface area contributed by atoms with Crippen molar-refractivity contribution in [2.75, 3.05) is 11.1 Å². The fourth-order valence-corrected chi connectivity index (χ4v) is 2.82. The van der Waals surface area contributed by atoms with Gasteiger partial charge in [-0.2, -0.15) is 0 Å². The number of nitrogens with zero attached hydrogens (tertiary/aromatic N) is 2. The highest BCUT2D eigenvalue weighted by molar-refractivity contribution is 7.99. The number of aromatic nitrogens is 3. The number of H-pyrrole nitrogens is 1. The molecule has 3 rings (SSSR count). The maximum atomic E-state index is 12.1. The van der Waals surface area contributed by atoms with Gasteiger partial charge in [-0.1, -0.05) is 29.5 Å². The zero-order valence-corrected chi connectivity index (χ0v) is 14.8. The number of hydrogen-bond donors (Lipinski definition) is 2. The number of amides is 1. The van der Waals surface area contributed by atoms with E-state index >= 15 is 0 Å². The highest BCUT2D eigenvalue weighted by atomic mass is 32.2. The Morgan fingerprint density at radius 1 is 1.32 bits per heavy atom. The van der Waals surface area contributed by atoms with Crippen LogP contribution in [0.3, 0.4) is 0 Å². The number of carbonyl (C=O) groups excluding carboxylic acids is 1. The average molecular weight is 354 g/mol. The maximum absolute atomic E-state index is 12.1. The van der Waals surface area contributed by atoms with Crippen LogP contribution in [0.5, 0.6) is 0 Å². The van der Waals surface area contributed by atoms with Crippen molar-refractivity contribution in [1.29, 1.82) is 0 Å². The Morgan fingerprint density at radius 3 is 2.96 bits per heavy atom. The number of furan rings is 1. The molecule has 1 amide bonds. The lowest BCUT2D eigenvalue weighted by molar-refractivity contribution is -0.113. The minimum Gasteiger partial charge on any atom is -0.465 e. The van der Waals surface area contributed by atoms with Crippen LogP contribution in [-0.2, 0) is 4.79 Å². The molecule has 7 heteroatoms. The standard InChI is InChI=1S/C18H18N4O2S/c1-12-5-7-15(13(2)10-12)19-17(23)11-25-18-20-16(21-22-18)8-6-14-4-3-9-24-14/h3-10H,11H2,1-2H3,(H,19,23)(H,20,21,22)/b8-6+. The second-order valence-electron chi connectivity index (χ2n) is 5.51. The molecule has 128 valence electrons. The second-order valence-corrected chi connectivity index (χ2v) is 6.45. The SMILES string of the molecule is Cc1ccc(NC(=O)CSc2n[nH]c(/C=C/c3ccco3)n2)c(C)c1. The molecule has 0 saturated carbocycles. The van der Waals surface area contributed by atoms with Gasteiger partial charge in [-0.05, 0) is 49.8 Å². The fourth-order valence-electron chi connectivity index (χ4n) is 2.21. The topological polar surface area (TPSA) is 83.8 Å². The smallest absolute Gasteiger partial charge is 0.234 e. The third-order valence-corrected chi connectivity index (χ3v) is 4.27. The van der Waals surface area contributed by atoms with E-state index in [1.54, 1.807) is 18.4 Å². The second kappa shape index (κ2) is 7.85. The molecular weight excluding hydrogens is 336 g/mol. The third kappa shape index (κ3) is 4.84. The Kier molecular flexibility index (Phi) is 5.35. The van der Waals surface area contributed by atoms with E-state index in [9.17, 15) is 4.79 Å². The van der Waals surface area contributed by atoms with Gasteiger partial charge in [0, 0.05) is 5.69 Å². The summed E-state index contributed by atoms with van der Waals surface area (Å²) in [5.41, 5.74) is 3.04. The molecule has 1 aromatic carbocycles. The zero-order chi connectivity index (χ0) is 17.6. The highest BCUT2D eigenvalue weighted by Crippen LogP contribution is 2.18. The molecule has 6 nitrogen and oxygen atoms in total. The predicted octanol–water partition coefficient (Wildman–Crippen LogP) is 3.92. The number of aryl methyl sites for hydroxylation is 2. The van der Waals surface area contributed by atoms with E-state index in [0.29, 0.717) is 11.0 Å². The van der Waals surface area contributed by atoms with Crippen LogP contribution < -0.4 is 5.32 Å². The summed E-state index contributed by atoms with van der Waals surface area (Å²) in [6.45, 7) is 4.00. The fraction of sp³-hybridized carbons (Fsp3) is 0.167. The van der Waals surface area contributed by atoms with Crippen LogP contribution in [0, 0.1) is 13.8 Å². The van der Waals surface area contributed by atoms with E-state index in [4.69, 9.17) is 4.42 Å². The molecular formula is C18H18N4O2S. The van der Waals surface area contributed by atoms with E-state index in [1.165, 1.54) is 17.3 Å². The third-order valence-electron chi connectivity index (χ3n) is 3.42. The summed E-state index contributed by atoms with van der Waals surface area (Å²) in [6.07, 6.45) is 5.17. The van der Waals surface area contributed by atoms with Crippen LogP contribution >= 0.6 is 11.8 Å². The first kappa shape index (κ1) is 17.0. The molecule has 2 N–H and O–H groups in total. The highest BCUT2D eigenvalue weighted by Gasteiger charge is 2.08. The minimum absolute atomic E-state index is 0.0885. The molecule has 0 aliphatic carbocycles. The molecule has 0 unspecified atom stereocenters. The molecule has 0 atom stereocenters. The number of thioether (sulfide) groups is 1. The Balaban J connectivity index is 1.52. The van der Waals surface area contributed by atoms with Crippen molar-refractivity contribution in [2.24, 2.45) is 0 Å². The molecule has 0 aliphatic rings. The molecule has 2 aromatic heterocycles. The van der Waals surface area contributed by atoms with Gasteiger partial charge in [-0.25, -0.2) is 4.98 Å². The van der Waals surface area contributed by atoms with Gasteiger partial charge in [0.15, 0.2) is 0 Å². The Bertz CT molecular complexity index is 884. The van der Waals surface area contributed by atoms with E-state index in [0.717, 1.165) is 17.0 Å². The maximum Gasteiger partial charge on any atom is 0.234 e. The Labute approximate surface area is 149 Å². The van der Waals surface area contributed by atoms with Crippen molar-refractivity contribution in [1.82, 2.24) is 15.2 Å². The van der Waals surface area contributed by atoms with Crippen molar-refractivity contribution in [3.63, 3.8) is 0 Å². The Morgan fingerprint density at radius 2 is 2.20 bits per heavy atom. The molecule has 25 heavy (non-hydrogen) atoms. The number of nitrogens with one attached hydrogen (secondary N) is 2. The van der Waals surface area contributed by atoms with Crippen LogP contribution in [0.25, 0.3) is 12.2 Å². The predicted molar refractivity (Wildman–Crippen MR) is 99.3 cm³/mol. The largest absolute Gasteiger partial charge is 0.465 e. The van der Waals surface area contributed by atoms with Crippen LogP contribution in [0.1, 0.15) is 22.7 Å². The average Bonchev–Trinajstić information content (AvgIpc) is 3.25. The minimum atomic E-state index is -0.0885. The monoisotopic (exact) mass is 354 g/mol. The molecule has 0 spiro atoms. The molecule has 0 aliphatic heterocycles. The van der Waals surface area contributed by atoms with Gasteiger partial charge in [-0.15, -0.1) is 5.10 Å². The first-order valence-corrected chi connectivity index (χ1v) is 8.72. The number of carbonyl (C=O) groups is 1. The van der Waals surface area contributed by atoms with Gasteiger partial charge >= 0.3 is 0 Å². The summed E-state index contributed by atoms with van der Waals surface area (Å²) < 4.78 is 5.21. The van der Waals surface area contributed by atoms with Crippen LogP contribution in [-0.4, -0.2) is 26.8 Å². The molecule has 0 bridgehead atoms. The van der Waals surface area contributed by atoms with Gasteiger partial charge in [0.1, 0.15) is 11.6 Å². The normalized spacial score (nSPS) is 11.1. The van der Waals surface area contributed by atoms with E-state index in [2.05, 4.69) is 20.5 Å². The molecule has 0 radical (unpaired) electrons. The number of anilines is 1. The van der Waals surface area contributed by atoms with E-state index in [1.807, 2.05) is 44.2 Å². The van der Waals surface area contributed by atoms with Gasteiger partial charge in [0.25, 0.3) is 0 Å². The van der Waals surface area contributed by atoms with Crippen molar-refractivity contribution in [2.45, 2.75) is 19.0 Å². The van der Waals surface area contributed by atoms with Crippen LogP contribution in [0.2, 0.25) is 0 Å². The summed E-state index contributed by atoms with van der Waals surface area (Å²) in [5, 5.41) is 10.3. The molecule has 0 fully saturated rings. The van der Waals surface area contributed by atoms with Gasteiger partial charge in [-0.3, -0.25) is 9.89 Å². The summed E-state index contributed by atoms with van der Waals surface area (Å²) in [6, 6.07) is 9.59. The summed E-state index contributed by atoms with van der Waals surface area (Å²) in [5.74, 6) is 1.49. The number of rotatable bonds is 6. The van der Waals surface area contributed by atoms with Crippen molar-refractivity contribution < 1.29 is 9.21 Å². The summed E-state index contributed by atoms with van der Waals surface area (Å²) in [4.78, 5) is 16.4. The van der Waals surface area contributed by atoms with Crippen molar-refractivity contribution in [3.05, 3.63) is 59.3 Å². The van der Waals surface area contributed by atoms with Crippen LogP contribution in [0.4, 0.5) is 5.69 Å². The number of aromatic amines is 1. The molecule has 0 saturated heterocycles. The van der Waals surface area contributed by atoms with Gasteiger partial charge < -0.3 is 9.73 Å². The molecule has 2 heterocycles. The van der Waals surface area contributed by atoms with Crippen LogP contribution in [0.15, 0.2) is 46.2 Å². The first-order chi connectivity index (χ1) is 12.1. The Hall–Kier alpha value is -2.80. The first-order valence-electron chi connectivity index (χ1n) is 7.74. The van der Waals surface area contributed by atoms with Crippen molar-refractivity contribution >= 4 is 35.5 Å². The number of benzene rings is 1. The zero-order valence-electron chi connectivity index (χ0n) is 13.9. The van der Waals surface area contributed by atoms with Crippen molar-refractivity contribution in [3.8, 4) is 0 Å². The quantitative estimate of drug-likeness (QED) is 0.656. The lowest BCUT2D eigenvalue weighted by Crippen LogP contribution is -2.15. The van der Waals surface area contributed by atoms with Gasteiger partial charge in [0.2, 0.25) is 11.1 Å². The van der Waals surface area contributed by atoms with E-state index in [-0.39, 0.29) is 11.7 Å². The summed E-state index contributed by atoms with van der Waals surface area (Å²) in [7, 11) is 0. The lowest BCUT2D eigenvalue weighted by atomic mass is 10.1.